The van der Waals surface area contributed by atoms with Gasteiger partial charge in [0, 0.05) is 0 Å². The third kappa shape index (κ3) is 3.34. The van der Waals surface area contributed by atoms with Gasteiger partial charge in [-0.05, 0) is 28.1 Å². The minimum atomic E-state index is -0.292. The van der Waals surface area contributed by atoms with Gasteiger partial charge in [-0.3, -0.25) is 10.1 Å². The summed E-state index contributed by atoms with van der Waals surface area (Å²) >= 11 is 4.61. The summed E-state index contributed by atoms with van der Waals surface area (Å²) in [5.74, 6) is 0.0932. The predicted molar refractivity (Wildman–Crippen MR) is 83.5 cm³/mol. The van der Waals surface area contributed by atoms with Crippen molar-refractivity contribution in [2.45, 2.75) is 0 Å². The van der Waals surface area contributed by atoms with E-state index in [4.69, 9.17) is 4.74 Å². The first kappa shape index (κ1) is 13.9. The number of thiazole rings is 1. The quantitative estimate of drug-likeness (QED) is 0.769. The number of anilines is 1. The molecule has 0 aliphatic heterocycles. The SMILES string of the molecule is O=C(COc1ncnc2ccccc12)Nc1ncc(Br)s1. The van der Waals surface area contributed by atoms with E-state index in [9.17, 15) is 4.79 Å². The van der Waals surface area contributed by atoms with Crippen LogP contribution in [0.3, 0.4) is 0 Å². The van der Waals surface area contributed by atoms with Crippen LogP contribution in [0.2, 0.25) is 0 Å². The van der Waals surface area contributed by atoms with Gasteiger partial charge in [-0.15, -0.1) is 0 Å². The van der Waals surface area contributed by atoms with Crippen molar-refractivity contribution in [3.8, 4) is 5.88 Å². The average Bonchev–Trinajstić information content (AvgIpc) is 2.90. The Kier molecular flexibility index (Phi) is 4.07. The molecule has 1 aromatic carbocycles. The van der Waals surface area contributed by atoms with Gasteiger partial charge in [0.1, 0.15) is 6.33 Å². The van der Waals surface area contributed by atoms with Crippen LogP contribution in [0.5, 0.6) is 5.88 Å². The van der Waals surface area contributed by atoms with E-state index in [1.165, 1.54) is 17.7 Å². The lowest BCUT2D eigenvalue weighted by Gasteiger charge is -2.07. The summed E-state index contributed by atoms with van der Waals surface area (Å²) in [7, 11) is 0. The summed E-state index contributed by atoms with van der Waals surface area (Å²) < 4.78 is 6.31. The van der Waals surface area contributed by atoms with Gasteiger partial charge in [0.25, 0.3) is 5.91 Å². The van der Waals surface area contributed by atoms with E-state index < -0.39 is 0 Å². The minimum absolute atomic E-state index is 0.141. The predicted octanol–water partition coefficient (Wildman–Crippen LogP) is 2.87. The Morgan fingerprint density at radius 3 is 2.95 bits per heavy atom. The highest BCUT2D eigenvalue weighted by molar-refractivity contribution is 9.11. The molecule has 6 nitrogen and oxygen atoms in total. The van der Waals surface area contributed by atoms with Crippen LogP contribution < -0.4 is 10.1 Å². The van der Waals surface area contributed by atoms with Crippen LogP contribution in [0.25, 0.3) is 10.9 Å². The molecule has 0 fully saturated rings. The standard InChI is InChI=1S/C13H9BrN4O2S/c14-10-5-15-13(21-10)18-11(19)6-20-12-8-3-1-2-4-9(8)16-7-17-12/h1-5,7H,6H2,(H,15,18,19). The summed E-state index contributed by atoms with van der Waals surface area (Å²) in [4.78, 5) is 24.0. The second-order valence-electron chi connectivity index (χ2n) is 4.00. The van der Waals surface area contributed by atoms with Crippen LogP contribution in [0.1, 0.15) is 0 Å². The molecule has 0 saturated carbocycles. The molecule has 1 N–H and O–H groups in total. The number of nitrogens with one attached hydrogen (secondary N) is 1. The Bertz CT molecular complexity index is 787. The molecule has 0 radical (unpaired) electrons. The van der Waals surface area contributed by atoms with Crippen molar-refractivity contribution in [3.63, 3.8) is 0 Å². The molecule has 0 aliphatic rings. The number of aromatic nitrogens is 3. The third-order valence-corrected chi connectivity index (χ3v) is 3.96. The maximum Gasteiger partial charge on any atom is 0.264 e. The number of ether oxygens (including phenoxy) is 1. The number of halogens is 1. The Hall–Kier alpha value is -2.06. The number of carbonyl (C=O) groups excluding carboxylic acids is 1. The number of carbonyl (C=O) groups is 1. The largest absolute Gasteiger partial charge is 0.467 e. The maximum atomic E-state index is 11.8. The molecule has 21 heavy (non-hydrogen) atoms. The molecule has 106 valence electrons. The fourth-order valence-electron chi connectivity index (χ4n) is 1.70. The first-order chi connectivity index (χ1) is 10.2. The Labute approximate surface area is 132 Å². The van der Waals surface area contributed by atoms with Crippen LogP contribution in [0, 0.1) is 0 Å². The van der Waals surface area contributed by atoms with Crippen molar-refractivity contribution in [1.29, 1.82) is 0 Å². The molecule has 2 heterocycles. The molecule has 0 bridgehead atoms. The van der Waals surface area contributed by atoms with Gasteiger partial charge in [0.05, 0.1) is 20.9 Å². The van der Waals surface area contributed by atoms with Crippen LogP contribution in [0.15, 0.2) is 40.6 Å². The molecular formula is C13H9BrN4O2S. The third-order valence-electron chi connectivity index (χ3n) is 2.57. The zero-order chi connectivity index (χ0) is 14.7. The van der Waals surface area contributed by atoms with E-state index in [1.54, 1.807) is 6.20 Å². The minimum Gasteiger partial charge on any atom is -0.467 e. The Balaban J connectivity index is 1.67. The average molecular weight is 365 g/mol. The van der Waals surface area contributed by atoms with E-state index in [0.29, 0.717) is 11.0 Å². The summed E-state index contributed by atoms with van der Waals surface area (Å²) in [5.41, 5.74) is 0.770. The molecular weight excluding hydrogens is 356 g/mol. The second-order valence-corrected chi connectivity index (χ2v) is 6.41. The molecule has 3 aromatic rings. The van der Waals surface area contributed by atoms with Crippen LogP contribution in [-0.2, 0) is 4.79 Å². The summed E-state index contributed by atoms with van der Waals surface area (Å²) in [6.45, 7) is -0.141. The lowest BCUT2D eigenvalue weighted by molar-refractivity contribution is -0.118. The first-order valence-electron chi connectivity index (χ1n) is 5.96. The Morgan fingerprint density at radius 2 is 2.14 bits per heavy atom. The van der Waals surface area contributed by atoms with Gasteiger partial charge in [-0.1, -0.05) is 23.5 Å². The van der Waals surface area contributed by atoms with E-state index in [2.05, 4.69) is 36.2 Å². The topological polar surface area (TPSA) is 77.0 Å². The van der Waals surface area contributed by atoms with Crippen molar-refractivity contribution >= 4 is 49.2 Å². The molecule has 0 atom stereocenters. The highest BCUT2D eigenvalue weighted by Gasteiger charge is 2.09. The van der Waals surface area contributed by atoms with Crippen LogP contribution in [0.4, 0.5) is 5.13 Å². The number of rotatable bonds is 4. The van der Waals surface area contributed by atoms with Gasteiger partial charge < -0.3 is 4.74 Å². The van der Waals surface area contributed by atoms with E-state index in [1.807, 2.05) is 24.3 Å². The molecule has 8 heteroatoms. The summed E-state index contributed by atoms with van der Waals surface area (Å²) in [6.07, 6.45) is 3.03. The number of amides is 1. The van der Waals surface area contributed by atoms with Crippen molar-refractivity contribution in [2.24, 2.45) is 0 Å². The highest BCUT2D eigenvalue weighted by atomic mass is 79.9. The number of hydrogen-bond acceptors (Lipinski definition) is 6. The number of hydrogen-bond donors (Lipinski definition) is 1. The van der Waals surface area contributed by atoms with Crippen molar-refractivity contribution < 1.29 is 9.53 Å². The summed E-state index contributed by atoms with van der Waals surface area (Å²) in [5, 5.41) is 3.94. The monoisotopic (exact) mass is 364 g/mol. The van der Waals surface area contributed by atoms with Gasteiger partial charge in [0.15, 0.2) is 11.7 Å². The first-order valence-corrected chi connectivity index (χ1v) is 7.57. The normalized spacial score (nSPS) is 10.5. The molecule has 1 amide bonds. The van der Waals surface area contributed by atoms with Gasteiger partial charge in [-0.2, -0.15) is 0 Å². The van der Waals surface area contributed by atoms with E-state index >= 15 is 0 Å². The highest BCUT2D eigenvalue weighted by Crippen LogP contribution is 2.23. The van der Waals surface area contributed by atoms with Crippen LogP contribution >= 0.6 is 27.3 Å². The fourth-order valence-corrected chi connectivity index (χ4v) is 2.82. The number of benzene rings is 1. The Morgan fingerprint density at radius 1 is 1.29 bits per heavy atom. The number of nitrogens with zero attached hydrogens (tertiary/aromatic N) is 3. The molecule has 0 aliphatic carbocycles. The number of para-hydroxylation sites is 1. The lowest BCUT2D eigenvalue weighted by Crippen LogP contribution is -2.20. The smallest absolute Gasteiger partial charge is 0.264 e. The second kappa shape index (κ2) is 6.15. The van der Waals surface area contributed by atoms with Gasteiger partial charge >= 0.3 is 0 Å². The van der Waals surface area contributed by atoms with Crippen molar-refractivity contribution in [2.75, 3.05) is 11.9 Å². The van der Waals surface area contributed by atoms with Crippen molar-refractivity contribution in [3.05, 3.63) is 40.6 Å². The van der Waals surface area contributed by atoms with Gasteiger partial charge in [0.2, 0.25) is 5.88 Å². The van der Waals surface area contributed by atoms with E-state index in [-0.39, 0.29) is 12.5 Å². The molecule has 2 aromatic heterocycles. The van der Waals surface area contributed by atoms with E-state index in [0.717, 1.165) is 14.7 Å². The number of fused-ring (bicyclic) bond motifs is 1. The zero-order valence-corrected chi connectivity index (χ0v) is 13.0. The molecule has 3 rings (SSSR count). The molecule has 0 spiro atoms. The molecule has 0 saturated heterocycles. The maximum absolute atomic E-state index is 11.8. The van der Waals surface area contributed by atoms with Gasteiger partial charge in [-0.25, -0.2) is 15.0 Å². The zero-order valence-electron chi connectivity index (χ0n) is 10.6. The van der Waals surface area contributed by atoms with Crippen LogP contribution in [-0.4, -0.2) is 27.5 Å². The summed E-state index contributed by atoms with van der Waals surface area (Å²) in [6, 6.07) is 7.45. The molecule has 0 unspecified atom stereocenters. The van der Waals surface area contributed by atoms with Crippen molar-refractivity contribution in [1.82, 2.24) is 15.0 Å². The lowest BCUT2D eigenvalue weighted by atomic mass is 10.2. The fraction of sp³-hybridized carbons (Fsp3) is 0.0769.